The number of nitrogens with zero attached hydrogens (tertiary/aromatic N) is 2. The van der Waals surface area contributed by atoms with Crippen molar-refractivity contribution in [2.24, 2.45) is 5.92 Å². The Kier molecular flexibility index (Phi) is 3.34. The van der Waals surface area contributed by atoms with E-state index in [-0.39, 0.29) is 18.9 Å². The number of carbonyl (C=O) groups excluding carboxylic acids is 1. The van der Waals surface area contributed by atoms with E-state index in [1.54, 1.807) is 0 Å². The number of aromatic nitrogens is 1. The van der Waals surface area contributed by atoms with E-state index >= 15 is 0 Å². The number of halogens is 1. The van der Waals surface area contributed by atoms with Gasteiger partial charge in [-0.25, -0.2) is 13.7 Å². The van der Waals surface area contributed by atoms with Crippen molar-refractivity contribution < 1.29 is 17.6 Å². The summed E-state index contributed by atoms with van der Waals surface area (Å²) >= 11 is 0. The van der Waals surface area contributed by atoms with Gasteiger partial charge in [-0.15, -0.1) is 0 Å². The van der Waals surface area contributed by atoms with E-state index < -0.39 is 26.8 Å². The Bertz CT molecular complexity index is 573. The van der Waals surface area contributed by atoms with Crippen molar-refractivity contribution in [3.05, 3.63) is 24.1 Å². The van der Waals surface area contributed by atoms with Gasteiger partial charge in [-0.05, 0) is 18.1 Å². The molecule has 2 rings (SSSR count). The van der Waals surface area contributed by atoms with Gasteiger partial charge in [0.15, 0.2) is 5.82 Å². The van der Waals surface area contributed by atoms with Crippen LogP contribution in [0, 0.1) is 11.7 Å². The summed E-state index contributed by atoms with van der Waals surface area (Å²) in [5, 5.41) is -0.685. The summed E-state index contributed by atoms with van der Waals surface area (Å²) in [4.78, 5) is 15.2. The van der Waals surface area contributed by atoms with Crippen LogP contribution in [0.4, 0.5) is 4.39 Å². The van der Waals surface area contributed by atoms with Gasteiger partial charge >= 0.3 is 0 Å². The summed E-state index contributed by atoms with van der Waals surface area (Å²) in [5.74, 6) is -1.43. The molecule has 98 valence electrons. The number of hydrogen-bond acceptors (Lipinski definition) is 4. The maximum absolute atomic E-state index is 13.5. The van der Waals surface area contributed by atoms with Gasteiger partial charge in [0.05, 0.1) is 0 Å². The molecule has 7 heteroatoms. The summed E-state index contributed by atoms with van der Waals surface area (Å²) in [5.41, 5.74) is 0. The molecule has 1 saturated heterocycles. The third-order valence-corrected chi connectivity index (χ3v) is 4.72. The summed E-state index contributed by atoms with van der Waals surface area (Å²) in [7, 11) is -4.16. The maximum Gasteiger partial charge on any atom is 0.287 e. The number of carbonyl (C=O) groups is 1. The molecule has 0 saturated carbocycles. The average molecular weight is 272 g/mol. The fraction of sp³-hybridized carbons (Fsp3) is 0.455. The molecule has 5 nitrogen and oxygen atoms in total. The molecule has 1 amide bonds. The van der Waals surface area contributed by atoms with Crippen LogP contribution in [0.15, 0.2) is 23.4 Å². The lowest BCUT2D eigenvalue weighted by atomic mass is 10.1. The summed E-state index contributed by atoms with van der Waals surface area (Å²) in [6.45, 7) is 1.99. The second kappa shape index (κ2) is 4.64. The van der Waals surface area contributed by atoms with Gasteiger partial charge in [-0.1, -0.05) is 13.3 Å². The van der Waals surface area contributed by atoms with E-state index in [4.69, 9.17) is 0 Å². The van der Waals surface area contributed by atoms with Crippen LogP contribution >= 0.6 is 0 Å². The predicted molar refractivity (Wildman–Crippen MR) is 61.5 cm³/mol. The molecule has 1 aliphatic heterocycles. The normalized spacial score (nSPS) is 20.4. The van der Waals surface area contributed by atoms with Gasteiger partial charge in [0.1, 0.15) is 0 Å². The molecule has 1 aromatic heterocycles. The zero-order valence-electron chi connectivity index (χ0n) is 9.84. The standard InChI is InChI=1S/C11H13FN2O3S/c1-2-8-6-10(15)14(7-8)18(16,17)11-9(12)4-3-5-13-11/h3-5,8H,2,6-7H2,1H3. The van der Waals surface area contributed by atoms with Crippen LogP contribution in [0.2, 0.25) is 0 Å². The quantitative estimate of drug-likeness (QED) is 0.828. The van der Waals surface area contributed by atoms with Gasteiger partial charge in [-0.2, -0.15) is 8.42 Å². The molecule has 0 bridgehead atoms. The molecule has 1 unspecified atom stereocenters. The molecular formula is C11H13FN2O3S. The van der Waals surface area contributed by atoms with E-state index in [9.17, 15) is 17.6 Å². The number of amides is 1. The molecule has 0 spiro atoms. The predicted octanol–water partition coefficient (Wildman–Crippen LogP) is 1.17. The molecular weight excluding hydrogens is 259 g/mol. The van der Waals surface area contributed by atoms with Crippen molar-refractivity contribution in [1.29, 1.82) is 0 Å². The zero-order chi connectivity index (χ0) is 13.3. The van der Waals surface area contributed by atoms with E-state index in [0.717, 1.165) is 10.4 Å². The molecule has 1 aromatic rings. The van der Waals surface area contributed by atoms with Crippen LogP contribution in [0.3, 0.4) is 0 Å². The second-order valence-corrected chi connectivity index (χ2v) is 5.98. The highest BCUT2D eigenvalue weighted by Gasteiger charge is 2.39. The molecule has 2 heterocycles. The summed E-state index contributed by atoms with van der Waals surface area (Å²) in [6, 6.07) is 2.31. The van der Waals surface area contributed by atoms with Crippen molar-refractivity contribution in [1.82, 2.24) is 9.29 Å². The maximum atomic E-state index is 13.5. The fourth-order valence-electron chi connectivity index (χ4n) is 1.92. The fourth-order valence-corrected chi connectivity index (χ4v) is 3.39. The Morgan fingerprint density at radius 2 is 2.28 bits per heavy atom. The SMILES string of the molecule is CCC1CC(=O)N(S(=O)(=O)c2ncccc2F)C1. The summed E-state index contributed by atoms with van der Waals surface area (Å²) < 4.78 is 38.5. The molecule has 1 aliphatic rings. The Labute approximate surface area is 105 Å². The molecule has 1 atom stereocenters. The van der Waals surface area contributed by atoms with Crippen molar-refractivity contribution in [3.63, 3.8) is 0 Å². The first-order valence-corrected chi connectivity index (χ1v) is 7.07. The number of hydrogen-bond donors (Lipinski definition) is 0. The first-order chi connectivity index (χ1) is 8.46. The van der Waals surface area contributed by atoms with Gasteiger partial charge in [-0.3, -0.25) is 4.79 Å². The highest BCUT2D eigenvalue weighted by molar-refractivity contribution is 7.89. The minimum absolute atomic E-state index is 0.000881. The average Bonchev–Trinajstić information content (AvgIpc) is 2.71. The lowest BCUT2D eigenvalue weighted by molar-refractivity contribution is -0.123. The second-order valence-electron chi connectivity index (χ2n) is 4.20. The van der Waals surface area contributed by atoms with E-state index in [2.05, 4.69) is 4.98 Å². The Morgan fingerprint density at radius 3 is 2.83 bits per heavy atom. The van der Waals surface area contributed by atoms with Crippen LogP contribution in [0.25, 0.3) is 0 Å². The van der Waals surface area contributed by atoms with E-state index in [1.807, 2.05) is 6.92 Å². The Balaban J connectivity index is 2.39. The van der Waals surface area contributed by atoms with E-state index in [0.29, 0.717) is 6.42 Å². The summed E-state index contributed by atoms with van der Waals surface area (Å²) in [6.07, 6.45) is 2.08. The third-order valence-electron chi connectivity index (χ3n) is 3.00. The largest absolute Gasteiger partial charge is 0.287 e. The number of sulfonamides is 1. The monoisotopic (exact) mass is 272 g/mol. The minimum Gasteiger partial charge on any atom is -0.274 e. The molecule has 0 aliphatic carbocycles. The Hall–Kier alpha value is -1.50. The number of pyridine rings is 1. The molecule has 0 radical (unpaired) electrons. The smallest absolute Gasteiger partial charge is 0.274 e. The van der Waals surface area contributed by atoms with Crippen molar-refractivity contribution >= 4 is 15.9 Å². The highest BCUT2D eigenvalue weighted by Crippen LogP contribution is 2.27. The van der Waals surface area contributed by atoms with Crippen LogP contribution in [-0.2, 0) is 14.8 Å². The lowest BCUT2D eigenvalue weighted by Crippen LogP contribution is -2.33. The Morgan fingerprint density at radius 1 is 1.56 bits per heavy atom. The minimum atomic E-state index is -4.16. The lowest BCUT2D eigenvalue weighted by Gasteiger charge is -2.16. The third kappa shape index (κ3) is 2.10. The van der Waals surface area contributed by atoms with E-state index in [1.165, 1.54) is 12.3 Å². The first-order valence-electron chi connectivity index (χ1n) is 5.63. The molecule has 0 aromatic carbocycles. The zero-order valence-corrected chi connectivity index (χ0v) is 10.7. The highest BCUT2D eigenvalue weighted by atomic mass is 32.2. The van der Waals surface area contributed by atoms with Crippen LogP contribution in [0.1, 0.15) is 19.8 Å². The number of rotatable bonds is 3. The van der Waals surface area contributed by atoms with Crippen molar-refractivity contribution in [2.45, 2.75) is 24.8 Å². The van der Waals surface area contributed by atoms with Crippen LogP contribution in [0.5, 0.6) is 0 Å². The molecule has 1 fully saturated rings. The van der Waals surface area contributed by atoms with Crippen molar-refractivity contribution in [2.75, 3.05) is 6.54 Å². The molecule has 18 heavy (non-hydrogen) atoms. The van der Waals surface area contributed by atoms with Gasteiger partial charge in [0.25, 0.3) is 10.0 Å². The molecule has 0 N–H and O–H groups in total. The van der Waals surface area contributed by atoms with Crippen LogP contribution < -0.4 is 0 Å². The van der Waals surface area contributed by atoms with Gasteiger partial charge in [0, 0.05) is 19.2 Å². The topological polar surface area (TPSA) is 67.3 Å². The first kappa shape index (κ1) is 12.9. The van der Waals surface area contributed by atoms with Crippen LogP contribution in [-0.4, -0.2) is 30.2 Å². The van der Waals surface area contributed by atoms with Gasteiger partial charge in [0.2, 0.25) is 10.9 Å². The van der Waals surface area contributed by atoms with Gasteiger partial charge < -0.3 is 0 Å². The van der Waals surface area contributed by atoms with Crippen molar-refractivity contribution in [3.8, 4) is 0 Å².